The van der Waals surface area contributed by atoms with E-state index in [1.165, 1.54) is 62.2 Å². The van der Waals surface area contributed by atoms with E-state index in [0.29, 0.717) is 0 Å². The predicted molar refractivity (Wildman–Crippen MR) is 299 cm³/mol. The van der Waals surface area contributed by atoms with Crippen LogP contribution >= 0.6 is 22.7 Å². The Hall–Kier alpha value is -8.48. The molecule has 0 saturated heterocycles. The second kappa shape index (κ2) is 17.3. The number of fused-ring (bicyclic) bond motifs is 7. The lowest BCUT2D eigenvalue weighted by Crippen LogP contribution is -2.13. The fourth-order valence-electron chi connectivity index (χ4n) is 10.1. The van der Waals surface area contributed by atoms with Crippen LogP contribution < -0.4 is 14.7 Å². The summed E-state index contributed by atoms with van der Waals surface area (Å²) in [7, 11) is 0. The van der Waals surface area contributed by atoms with Crippen LogP contribution in [0.25, 0.3) is 62.2 Å². The first kappa shape index (κ1) is 40.8. The number of anilines is 9. The zero-order valence-corrected chi connectivity index (χ0v) is 39.1. The smallest absolute Gasteiger partial charge is 0.0640 e. The first-order chi connectivity index (χ1) is 34.2. The van der Waals surface area contributed by atoms with Gasteiger partial charge in [0.2, 0.25) is 0 Å². The van der Waals surface area contributed by atoms with Crippen molar-refractivity contribution >= 4 is 125 Å². The van der Waals surface area contributed by atoms with Gasteiger partial charge in [-0.2, -0.15) is 0 Å². The van der Waals surface area contributed by atoms with Crippen LogP contribution in [0, 0.1) is 0 Å². The zero-order chi connectivity index (χ0) is 45.7. The minimum Gasteiger partial charge on any atom is -0.310 e. The molecular weight excluding hydrogens is 875 g/mol. The molecule has 3 nitrogen and oxygen atoms in total. The Morgan fingerprint density at radius 1 is 0.261 bits per heavy atom. The highest BCUT2D eigenvalue weighted by molar-refractivity contribution is 7.26. The van der Waals surface area contributed by atoms with Gasteiger partial charge in [0.05, 0.1) is 16.1 Å². The monoisotopic (exact) mass is 917 g/mol. The molecule has 0 fully saturated rings. The van der Waals surface area contributed by atoms with Gasteiger partial charge in [0, 0.05) is 75.5 Å². The van der Waals surface area contributed by atoms with Crippen LogP contribution in [-0.4, -0.2) is 0 Å². The molecule has 0 atom stereocenters. The van der Waals surface area contributed by atoms with E-state index in [-0.39, 0.29) is 0 Å². The first-order valence-electron chi connectivity index (χ1n) is 23.3. The normalized spacial score (nSPS) is 11.5. The molecule has 0 aliphatic heterocycles. The molecule has 13 aromatic rings. The molecule has 13 rings (SSSR count). The fraction of sp³-hybridized carbons (Fsp3) is 0. The molecule has 0 unspecified atom stereocenters. The third-order valence-corrected chi connectivity index (χ3v) is 15.5. The van der Waals surface area contributed by atoms with Crippen LogP contribution in [0.3, 0.4) is 0 Å². The Morgan fingerprint density at radius 2 is 0.783 bits per heavy atom. The topological polar surface area (TPSA) is 9.72 Å². The third kappa shape index (κ3) is 7.28. The Balaban J connectivity index is 1.09. The third-order valence-electron chi connectivity index (χ3n) is 13.1. The van der Waals surface area contributed by atoms with Crippen LogP contribution in [0.5, 0.6) is 0 Å². The van der Waals surface area contributed by atoms with Gasteiger partial charge in [-0.25, -0.2) is 0 Å². The van der Waals surface area contributed by atoms with Crippen LogP contribution in [-0.2, 0) is 0 Å². The standard InChI is InChI=1S/C64H43N3S2/c1-6-21-44(22-7-1)56-41-51(39-45-23-16-17-32-53(45)56)65(46-24-8-2-9-25-46)50-37-38-61-57(40-50)63-59(66(47-26-10-3-11-27-47)48-28-12-4-13-29-48)42-52(43-62(63)68-61)67(49-30-14-5-15-31-49)58-35-20-34-55-54-33-18-19-36-60(54)69-64(55)58/h1-43H. The maximum absolute atomic E-state index is 2.46. The molecule has 326 valence electrons. The number of hydrogen-bond acceptors (Lipinski definition) is 5. The number of benzene rings is 11. The minimum atomic E-state index is 1.09. The minimum absolute atomic E-state index is 1.09. The molecule has 0 aliphatic carbocycles. The molecule has 0 spiro atoms. The number of para-hydroxylation sites is 4. The molecule has 5 heteroatoms. The van der Waals surface area contributed by atoms with Gasteiger partial charge in [-0.05, 0) is 125 Å². The molecule has 11 aromatic carbocycles. The van der Waals surface area contributed by atoms with Gasteiger partial charge in [-0.3, -0.25) is 0 Å². The average Bonchev–Trinajstić information content (AvgIpc) is 3.99. The van der Waals surface area contributed by atoms with Gasteiger partial charge in [0.25, 0.3) is 0 Å². The highest BCUT2D eigenvalue weighted by Crippen LogP contribution is 2.52. The van der Waals surface area contributed by atoms with Crippen LogP contribution in [0.4, 0.5) is 51.2 Å². The van der Waals surface area contributed by atoms with Gasteiger partial charge < -0.3 is 14.7 Å². The lowest BCUT2D eigenvalue weighted by molar-refractivity contribution is 1.27. The lowest BCUT2D eigenvalue weighted by Gasteiger charge is -2.30. The van der Waals surface area contributed by atoms with Crippen molar-refractivity contribution in [1.29, 1.82) is 0 Å². The highest BCUT2D eigenvalue weighted by atomic mass is 32.1. The molecule has 0 radical (unpaired) electrons. The lowest BCUT2D eigenvalue weighted by atomic mass is 9.96. The van der Waals surface area contributed by atoms with E-state index >= 15 is 0 Å². The second-order valence-corrected chi connectivity index (χ2v) is 19.4. The molecular formula is C64H43N3S2. The van der Waals surface area contributed by atoms with Crippen LogP contribution in [0.2, 0.25) is 0 Å². The van der Waals surface area contributed by atoms with Gasteiger partial charge in [-0.15, -0.1) is 22.7 Å². The summed E-state index contributed by atoms with van der Waals surface area (Å²) in [4.78, 5) is 7.33. The van der Waals surface area contributed by atoms with E-state index in [4.69, 9.17) is 0 Å². The quantitative estimate of drug-likeness (QED) is 0.135. The Labute approximate surface area is 409 Å². The Bertz CT molecular complexity index is 3920. The van der Waals surface area contributed by atoms with Crippen molar-refractivity contribution < 1.29 is 0 Å². The predicted octanol–water partition coefficient (Wildman–Crippen LogP) is 19.7. The summed E-state index contributed by atoms with van der Waals surface area (Å²) in [5, 5.41) is 7.39. The molecule has 69 heavy (non-hydrogen) atoms. The molecule has 0 aliphatic rings. The van der Waals surface area contributed by atoms with Gasteiger partial charge in [0.1, 0.15) is 0 Å². The van der Waals surface area contributed by atoms with Crippen molar-refractivity contribution in [3.8, 4) is 11.1 Å². The second-order valence-electron chi connectivity index (χ2n) is 17.3. The maximum Gasteiger partial charge on any atom is 0.0640 e. The van der Waals surface area contributed by atoms with E-state index in [9.17, 15) is 0 Å². The fourth-order valence-corrected chi connectivity index (χ4v) is 12.4. The van der Waals surface area contributed by atoms with Crippen molar-refractivity contribution in [3.05, 3.63) is 261 Å². The summed E-state index contributed by atoms with van der Waals surface area (Å²) in [6, 6.07) is 94.9. The molecule has 0 amide bonds. The summed E-state index contributed by atoms with van der Waals surface area (Å²) in [5.74, 6) is 0. The molecule has 2 aromatic heterocycles. The number of hydrogen-bond donors (Lipinski definition) is 0. The highest BCUT2D eigenvalue weighted by Gasteiger charge is 2.25. The number of thiophene rings is 2. The van der Waals surface area contributed by atoms with E-state index in [1.54, 1.807) is 0 Å². The van der Waals surface area contributed by atoms with Crippen LogP contribution in [0.1, 0.15) is 0 Å². The van der Waals surface area contributed by atoms with Crippen molar-refractivity contribution in [2.45, 2.75) is 0 Å². The van der Waals surface area contributed by atoms with E-state index in [0.717, 1.165) is 51.2 Å². The van der Waals surface area contributed by atoms with Crippen LogP contribution in [0.15, 0.2) is 261 Å². The van der Waals surface area contributed by atoms with Crippen molar-refractivity contribution in [1.82, 2.24) is 0 Å². The SMILES string of the molecule is c1ccc(-c2cc(N(c3ccccc3)c3ccc4sc5cc(N(c6ccccc6)c6cccc7c6sc6ccccc67)cc(N(c6ccccc6)c6ccccc6)c5c4c3)cc3ccccc23)cc1. The van der Waals surface area contributed by atoms with Gasteiger partial charge >= 0.3 is 0 Å². The molecule has 2 heterocycles. The summed E-state index contributed by atoms with van der Waals surface area (Å²) < 4.78 is 4.98. The van der Waals surface area contributed by atoms with Gasteiger partial charge in [-0.1, -0.05) is 158 Å². The Morgan fingerprint density at radius 3 is 1.45 bits per heavy atom. The number of nitrogens with zero attached hydrogens (tertiary/aromatic N) is 3. The number of rotatable bonds is 10. The van der Waals surface area contributed by atoms with Gasteiger partial charge in [0.15, 0.2) is 0 Å². The maximum atomic E-state index is 2.46. The van der Waals surface area contributed by atoms with Crippen molar-refractivity contribution in [3.63, 3.8) is 0 Å². The largest absolute Gasteiger partial charge is 0.310 e. The summed E-state index contributed by atoms with van der Waals surface area (Å²) >= 11 is 3.72. The summed E-state index contributed by atoms with van der Waals surface area (Å²) in [5.41, 5.74) is 12.3. The zero-order valence-electron chi connectivity index (χ0n) is 37.5. The van der Waals surface area contributed by atoms with E-state index in [2.05, 4.69) is 276 Å². The first-order valence-corrected chi connectivity index (χ1v) is 25.0. The molecule has 0 N–H and O–H groups in total. The van der Waals surface area contributed by atoms with Crippen molar-refractivity contribution in [2.24, 2.45) is 0 Å². The molecule has 0 saturated carbocycles. The van der Waals surface area contributed by atoms with E-state index in [1.807, 2.05) is 22.7 Å². The van der Waals surface area contributed by atoms with E-state index < -0.39 is 0 Å². The van der Waals surface area contributed by atoms with Crippen molar-refractivity contribution in [2.75, 3.05) is 14.7 Å². The molecule has 0 bridgehead atoms. The Kier molecular flexibility index (Phi) is 10.2. The summed E-state index contributed by atoms with van der Waals surface area (Å²) in [6.45, 7) is 0. The summed E-state index contributed by atoms with van der Waals surface area (Å²) in [6.07, 6.45) is 0. The average molecular weight is 918 g/mol.